The van der Waals surface area contributed by atoms with Crippen LogP contribution in [-0.4, -0.2) is 28.4 Å². The Kier molecular flexibility index (Phi) is 4.47. The van der Waals surface area contributed by atoms with Crippen LogP contribution in [0.4, 0.5) is 9.18 Å². The SMILES string of the molecule is NC(=O)[C@]1(F)CC[C@]2(CN(Cc3ccc(Cl)cc3Cl)C(=O)O2)c2ncccc21. The van der Waals surface area contributed by atoms with Crippen LogP contribution in [0.1, 0.15) is 29.7 Å². The van der Waals surface area contributed by atoms with Gasteiger partial charge in [0.05, 0.1) is 18.8 Å². The number of primary amides is 1. The number of alkyl halides is 1. The summed E-state index contributed by atoms with van der Waals surface area (Å²) in [5, 5.41) is 0.922. The fourth-order valence-corrected chi connectivity index (χ4v) is 4.31. The highest BCUT2D eigenvalue weighted by Gasteiger charge is 2.57. The highest BCUT2D eigenvalue weighted by Crippen LogP contribution is 2.49. The van der Waals surface area contributed by atoms with Crippen LogP contribution in [0.3, 0.4) is 0 Å². The molecule has 1 aliphatic heterocycles. The molecule has 9 heteroatoms. The predicted molar refractivity (Wildman–Crippen MR) is 100 cm³/mol. The molecular formula is C19H16Cl2FN3O3. The maximum absolute atomic E-state index is 15.3. The van der Waals surface area contributed by atoms with E-state index in [0.717, 1.165) is 0 Å². The first-order valence-corrected chi connectivity index (χ1v) is 9.37. The number of hydrogen-bond acceptors (Lipinski definition) is 4. The van der Waals surface area contributed by atoms with E-state index < -0.39 is 23.3 Å². The van der Waals surface area contributed by atoms with Gasteiger partial charge in [0.2, 0.25) is 5.67 Å². The van der Waals surface area contributed by atoms with Crippen molar-refractivity contribution >= 4 is 35.2 Å². The predicted octanol–water partition coefficient (Wildman–Crippen LogP) is 3.68. The van der Waals surface area contributed by atoms with E-state index in [1.165, 1.54) is 23.2 Å². The number of carbonyl (C=O) groups excluding carboxylic acids is 2. The van der Waals surface area contributed by atoms with Crippen molar-refractivity contribution < 1.29 is 18.7 Å². The van der Waals surface area contributed by atoms with E-state index in [-0.39, 0.29) is 37.2 Å². The molecule has 1 aromatic carbocycles. The van der Waals surface area contributed by atoms with Crippen molar-refractivity contribution in [1.29, 1.82) is 0 Å². The Bertz CT molecular complexity index is 989. The van der Waals surface area contributed by atoms with Gasteiger partial charge in [-0.1, -0.05) is 35.3 Å². The van der Waals surface area contributed by atoms with Crippen LogP contribution in [-0.2, 0) is 27.3 Å². The van der Waals surface area contributed by atoms with Crippen LogP contribution in [0.15, 0.2) is 36.5 Å². The number of fused-ring (bicyclic) bond motifs is 2. The summed E-state index contributed by atoms with van der Waals surface area (Å²) >= 11 is 12.1. The van der Waals surface area contributed by atoms with Gasteiger partial charge < -0.3 is 10.5 Å². The van der Waals surface area contributed by atoms with Crippen molar-refractivity contribution in [2.75, 3.05) is 6.54 Å². The Morgan fingerprint density at radius 3 is 2.82 bits per heavy atom. The lowest BCUT2D eigenvalue weighted by Crippen LogP contribution is -2.47. The van der Waals surface area contributed by atoms with Crippen LogP contribution >= 0.6 is 23.2 Å². The van der Waals surface area contributed by atoms with Crippen LogP contribution in [0, 0.1) is 0 Å². The molecule has 1 saturated heterocycles. The molecular weight excluding hydrogens is 408 g/mol. The molecule has 4 rings (SSSR count). The second-order valence-electron chi connectivity index (χ2n) is 7.02. The molecule has 2 aliphatic rings. The first kappa shape index (κ1) is 19.0. The van der Waals surface area contributed by atoms with Crippen LogP contribution in [0.25, 0.3) is 0 Å². The second-order valence-corrected chi connectivity index (χ2v) is 7.86. The molecule has 0 bridgehead atoms. The normalized spacial score (nSPS) is 26.2. The molecule has 28 heavy (non-hydrogen) atoms. The lowest BCUT2D eigenvalue weighted by atomic mass is 9.74. The minimum atomic E-state index is -2.34. The topological polar surface area (TPSA) is 85.5 Å². The Labute approximate surface area is 170 Å². The quantitative estimate of drug-likeness (QED) is 0.815. The number of carbonyl (C=O) groups is 2. The molecule has 2 heterocycles. The molecule has 1 aromatic heterocycles. The molecule has 2 atom stereocenters. The van der Waals surface area contributed by atoms with Gasteiger partial charge in [-0.05, 0) is 36.6 Å². The maximum Gasteiger partial charge on any atom is 0.411 e. The smallest absolute Gasteiger partial charge is 0.411 e. The van der Waals surface area contributed by atoms with E-state index in [1.54, 1.807) is 18.2 Å². The summed E-state index contributed by atoms with van der Waals surface area (Å²) in [5.41, 5.74) is 2.80. The molecule has 0 radical (unpaired) electrons. The van der Waals surface area contributed by atoms with E-state index in [9.17, 15) is 9.59 Å². The summed E-state index contributed by atoms with van der Waals surface area (Å²) in [6, 6.07) is 7.99. The number of ether oxygens (including phenoxy) is 1. The minimum absolute atomic E-state index is 0.0490. The summed E-state index contributed by atoms with van der Waals surface area (Å²) in [6.45, 7) is 0.360. The molecule has 146 valence electrons. The summed E-state index contributed by atoms with van der Waals surface area (Å²) in [7, 11) is 0. The van der Waals surface area contributed by atoms with Crippen molar-refractivity contribution in [3.05, 3.63) is 63.4 Å². The fourth-order valence-electron chi connectivity index (χ4n) is 3.84. The van der Waals surface area contributed by atoms with Gasteiger partial charge in [-0.15, -0.1) is 0 Å². The third kappa shape index (κ3) is 2.89. The van der Waals surface area contributed by atoms with Crippen molar-refractivity contribution in [2.45, 2.75) is 30.7 Å². The second kappa shape index (κ2) is 6.60. The Morgan fingerprint density at radius 2 is 2.11 bits per heavy atom. The number of rotatable bonds is 3. The molecule has 0 saturated carbocycles. The van der Waals surface area contributed by atoms with Crippen molar-refractivity contribution in [1.82, 2.24) is 9.88 Å². The van der Waals surface area contributed by atoms with E-state index in [4.69, 9.17) is 33.7 Å². The van der Waals surface area contributed by atoms with E-state index >= 15 is 4.39 Å². The number of benzene rings is 1. The van der Waals surface area contributed by atoms with Crippen LogP contribution in [0.5, 0.6) is 0 Å². The number of nitrogens with zero attached hydrogens (tertiary/aromatic N) is 2. The highest BCUT2D eigenvalue weighted by molar-refractivity contribution is 6.35. The number of nitrogens with two attached hydrogens (primary N) is 1. The number of aromatic nitrogens is 1. The third-order valence-electron chi connectivity index (χ3n) is 5.29. The number of amides is 2. The van der Waals surface area contributed by atoms with Crippen LogP contribution < -0.4 is 5.73 Å². The molecule has 2 N–H and O–H groups in total. The van der Waals surface area contributed by atoms with Gasteiger partial charge in [0, 0.05) is 21.8 Å². The van der Waals surface area contributed by atoms with Crippen molar-refractivity contribution in [3.8, 4) is 0 Å². The minimum Gasteiger partial charge on any atom is -0.434 e. The fraction of sp³-hybridized carbons (Fsp3) is 0.316. The average Bonchev–Trinajstić information content (AvgIpc) is 2.97. The molecule has 1 aliphatic carbocycles. The van der Waals surface area contributed by atoms with E-state index in [0.29, 0.717) is 15.6 Å². The molecule has 0 unspecified atom stereocenters. The highest BCUT2D eigenvalue weighted by atomic mass is 35.5. The molecule has 1 fully saturated rings. The molecule has 1 spiro atoms. The van der Waals surface area contributed by atoms with Gasteiger partial charge in [-0.3, -0.25) is 14.7 Å². The monoisotopic (exact) mass is 423 g/mol. The Balaban J connectivity index is 1.68. The van der Waals surface area contributed by atoms with Gasteiger partial charge >= 0.3 is 6.09 Å². The summed E-state index contributed by atoms with van der Waals surface area (Å²) in [6.07, 6.45) is 0.810. The first-order chi connectivity index (χ1) is 13.2. The zero-order valence-electron chi connectivity index (χ0n) is 14.6. The number of halogens is 3. The molecule has 2 amide bonds. The van der Waals surface area contributed by atoms with E-state index in [1.807, 2.05) is 0 Å². The summed E-state index contributed by atoms with van der Waals surface area (Å²) in [5.74, 6) is -1.08. The van der Waals surface area contributed by atoms with Gasteiger partial charge in [0.1, 0.15) is 0 Å². The van der Waals surface area contributed by atoms with Crippen molar-refractivity contribution in [3.63, 3.8) is 0 Å². The largest absolute Gasteiger partial charge is 0.434 e. The first-order valence-electron chi connectivity index (χ1n) is 8.62. The third-order valence-corrected chi connectivity index (χ3v) is 5.88. The van der Waals surface area contributed by atoms with E-state index in [2.05, 4.69) is 4.98 Å². The zero-order chi connectivity index (χ0) is 20.1. The number of pyridine rings is 1. The standard InChI is InChI=1S/C19H16Cl2FN3O3/c20-12-4-3-11(14(21)8-12)9-25-10-18(28-17(25)27)5-6-19(22,16(23)26)13-2-1-7-24-15(13)18/h1-4,7-8H,5-6,9-10H2,(H2,23,26)/t18-,19-/m0/s1. The summed E-state index contributed by atoms with van der Waals surface area (Å²) < 4.78 is 20.9. The lowest BCUT2D eigenvalue weighted by Gasteiger charge is -2.38. The maximum atomic E-state index is 15.3. The lowest BCUT2D eigenvalue weighted by molar-refractivity contribution is -0.133. The number of hydrogen-bond donors (Lipinski definition) is 1. The van der Waals surface area contributed by atoms with Gasteiger partial charge in [0.15, 0.2) is 5.60 Å². The van der Waals surface area contributed by atoms with Gasteiger partial charge in [-0.25, -0.2) is 9.18 Å². The average molecular weight is 424 g/mol. The molecule has 2 aromatic rings. The van der Waals surface area contributed by atoms with Gasteiger partial charge in [-0.2, -0.15) is 0 Å². The Hall–Kier alpha value is -2.38. The van der Waals surface area contributed by atoms with Crippen molar-refractivity contribution in [2.24, 2.45) is 5.73 Å². The molecule has 6 nitrogen and oxygen atoms in total. The van der Waals surface area contributed by atoms with Crippen LogP contribution in [0.2, 0.25) is 10.0 Å². The van der Waals surface area contributed by atoms with Gasteiger partial charge in [0.25, 0.3) is 5.91 Å². The summed E-state index contributed by atoms with van der Waals surface area (Å²) in [4.78, 5) is 30.0. The Morgan fingerprint density at radius 1 is 1.32 bits per heavy atom. The zero-order valence-corrected chi connectivity index (χ0v) is 16.1.